The van der Waals surface area contributed by atoms with E-state index in [0.29, 0.717) is 6.54 Å². The van der Waals surface area contributed by atoms with Gasteiger partial charge in [0.25, 0.3) is 0 Å². The van der Waals surface area contributed by atoms with Crippen molar-refractivity contribution in [1.29, 1.82) is 0 Å². The highest BCUT2D eigenvalue weighted by Crippen LogP contribution is 2.35. The molecule has 0 aliphatic carbocycles. The lowest BCUT2D eigenvalue weighted by Crippen LogP contribution is -2.17. The minimum atomic E-state index is 0. The van der Waals surface area contributed by atoms with Gasteiger partial charge in [0.1, 0.15) is 11.6 Å². The number of nitrogens with one attached hydrogen (secondary N) is 1. The molecule has 3 aromatic rings. The van der Waals surface area contributed by atoms with Gasteiger partial charge in [0.15, 0.2) is 0 Å². The molecule has 0 saturated heterocycles. The van der Waals surface area contributed by atoms with E-state index in [0.717, 1.165) is 39.3 Å². The normalized spacial score (nSPS) is 11.7. The van der Waals surface area contributed by atoms with E-state index in [1.165, 1.54) is 4.88 Å². The lowest BCUT2D eigenvalue weighted by Gasteiger charge is -2.06. The summed E-state index contributed by atoms with van der Waals surface area (Å²) in [5.41, 5.74) is 9.07. The highest BCUT2D eigenvalue weighted by atomic mass is 35.5. The van der Waals surface area contributed by atoms with Crippen LogP contribution in [0.2, 0.25) is 5.28 Å². The Labute approximate surface area is 168 Å². The molecule has 1 atom stereocenters. The smallest absolute Gasteiger partial charge is 0.224 e. The van der Waals surface area contributed by atoms with Crippen molar-refractivity contribution in [2.75, 3.05) is 5.32 Å². The molecule has 3 N–H and O–H groups in total. The van der Waals surface area contributed by atoms with Gasteiger partial charge in [0.05, 0.1) is 23.0 Å². The largest absolute Gasteiger partial charge is 0.467 e. The molecule has 0 aromatic carbocycles. The van der Waals surface area contributed by atoms with E-state index in [1.54, 1.807) is 17.6 Å². The third-order valence-electron chi connectivity index (χ3n) is 3.73. The summed E-state index contributed by atoms with van der Waals surface area (Å²) >= 11 is 7.77. The maximum absolute atomic E-state index is 6.10. The zero-order valence-electron chi connectivity index (χ0n) is 14.1. The maximum Gasteiger partial charge on any atom is 0.224 e. The van der Waals surface area contributed by atoms with Gasteiger partial charge in [0.2, 0.25) is 5.28 Å². The number of aryl methyl sites for hydroxylation is 2. The Hall–Kier alpha value is -1.05. The van der Waals surface area contributed by atoms with E-state index in [1.807, 2.05) is 19.9 Å². The summed E-state index contributed by atoms with van der Waals surface area (Å²) in [5.74, 6) is 1.62. The maximum atomic E-state index is 6.10. The molecule has 0 radical (unpaired) electrons. The Morgan fingerprint density at radius 3 is 2.64 bits per heavy atom. The van der Waals surface area contributed by atoms with E-state index in [2.05, 4.69) is 22.2 Å². The SMILES string of the molecule is Cc1ccoc1CNc1nc(Cl)nc2c(C)c(C[C@H](C)N)sc12.Cl.Cl. The monoisotopic (exact) mass is 422 g/mol. The minimum Gasteiger partial charge on any atom is -0.467 e. The second-order valence-electron chi connectivity index (χ2n) is 5.73. The topological polar surface area (TPSA) is 77.0 Å². The predicted octanol–water partition coefficient (Wildman–Crippen LogP) is 4.90. The Morgan fingerprint density at radius 1 is 1.32 bits per heavy atom. The van der Waals surface area contributed by atoms with Crippen molar-refractivity contribution >= 4 is 63.8 Å². The van der Waals surface area contributed by atoms with Crippen molar-refractivity contribution in [3.05, 3.63) is 39.4 Å². The Kier molecular flexibility index (Phi) is 7.96. The van der Waals surface area contributed by atoms with Crippen LogP contribution in [0.1, 0.15) is 28.7 Å². The first kappa shape index (κ1) is 22.0. The van der Waals surface area contributed by atoms with Gasteiger partial charge in [-0.25, -0.2) is 4.98 Å². The molecule has 5 nitrogen and oxygen atoms in total. The van der Waals surface area contributed by atoms with Gasteiger partial charge in [0, 0.05) is 10.9 Å². The highest BCUT2D eigenvalue weighted by molar-refractivity contribution is 7.19. The molecule has 0 saturated carbocycles. The second-order valence-corrected chi connectivity index (χ2v) is 7.17. The molecule has 0 amide bonds. The van der Waals surface area contributed by atoms with Crippen LogP contribution in [0.25, 0.3) is 10.2 Å². The average molecular weight is 424 g/mol. The van der Waals surface area contributed by atoms with Crippen molar-refractivity contribution in [3.63, 3.8) is 0 Å². The molecule has 0 aliphatic heterocycles. The number of furan rings is 1. The third-order valence-corrected chi connectivity index (χ3v) is 5.21. The number of thiophene rings is 1. The summed E-state index contributed by atoms with van der Waals surface area (Å²) in [6.07, 6.45) is 2.51. The molecule has 25 heavy (non-hydrogen) atoms. The number of rotatable bonds is 5. The van der Waals surface area contributed by atoms with Gasteiger partial charge in [-0.15, -0.1) is 36.2 Å². The van der Waals surface area contributed by atoms with Crippen LogP contribution in [0.15, 0.2) is 16.7 Å². The highest BCUT2D eigenvalue weighted by Gasteiger charge is 2.16. The fourth-order valence-electron chi connectivity index (χ4n) is 2.46. The van der Waals surface area contributed by atoms with Gasteiger partial charge in [-0.3, -0.25) is 0 Å². The van der Waals surface area contributed by atoms with Crippen LogP contribution in [-0.4, -0.2) is 16.0 Å². The Balaban J connectivity index is 0.00000156. The molecular formula is C16H21Cl3N4OS. The number of fused-ring (bicyclic) bond motifs is 1. The number of anilines is 1. The molecule has 9 heteroatoms. The fourth-order valence-corrected chi connectivity index (χ4v) is 3.98. The first-order chi connectivity index (χ1) is 11.0. The Morgan fingerprint density at radius 2 is 2.04 bits per heavy atom. The summed E-state index contributed by atoms with van der Waals surface area (Å²) in [4.78, 5) is 9.96. The van der Waals surface area contributed by atoms with Gasteiger partial charge in [-0.05, 0) is 56.0 Å². The lowest BCUT2D eigenvalue weighted by molar-refractivity contribution is 0.515. The Bertz CT molecular complexity index is 847. The predicted molar refractivity (Wildman–Crippen MR) is 110 cm³/mol. The fraction of sp³-hybridized carbons (Fsp3) is 0.375. The molecule has 3 heterocycles. The van der Waals surface area contributed by atoms with Crippen molar-refractivity contribution in [3.8, 4) is 0 Å². The quantitative estimate of drug-likeness (QED) is 0.571. The van der Waals surface area contributed by atoms with Gasteiger partial charge < -0.3 is 15.5 Å². The standard InChI is InChI=1S/C16H19ClN4OS.2ClH/c1-8-4-5-22-11(8)7-19-15-14-13(20-16(17)21-15)10(3)12(23-14)6-9(2)18;;/h4-5,9H,6-7,18H2,1-3H3,(H,19,20,21);2*1H/t9-;;/m0../s1. The summed E-state index contributed by atoms with van der Waals surface area (Å²) in [6.45, 7) is 6.63. The van der Waals surface area contributed by atoms with Crippen LogP contribution >= 0.6 is 47.8 Å². The molecule has 138 valence electrons. The van der Waals surface area contributed by atoms with Crippen LogP contribution in [0.3, 0.4) is 0 Å². The molecule has 0 spiro atoms. The van der Waals surface area contributed by atoms with Crippen molar-refractivity contribution in [2.24, 2.45) is 5.73 Å². The summed E-state index contributed by atoms with van der Waals surface area (Å²) in [7, 11) is 0. The molecular weight excluding hydrogens is 403 g/mol. The zero-order chi connectivity index (χ0) is 16.6. The van der Waals surface area contributed by atoms with Gasteiger partial charge in [-0.1, -0.05) is 0 Å². The average Bonchev–Trinajstić information content (AvgIpc) is 3.02. The van der Waals surface area contributed by atoms with Gasteiger partial charge >= 0.3 is 0 Å². The van der Waals surface area contributed by atoms with Crippen molar-refractivity contribution in [2.45, 2.75) is 39.8 Å². The molecule has 0 unspecified atom stereocenters. The molecule has 0 aliphatic rings. The lowest BCUT2D eigenvalue weighted by atomic mass is 10.1. The van der Waals surface area contributed by atoms with Crippen LogP contribution in [-0.2, 0) is 13.0 Å². The van der Waals surface area contributed by atoms with Crippen LogP contribution in [0.4, 0.5) is 5.82 Å². The number of halogens is 3. The van der Waals surface area contributed by atoms with E-state index >= 15 is 0 Å². The molecule has 3 rings (SSSR count). The molecule has 0 fully saturated rings. The molecule has 3 aromatic heterocycles. The first-order valence-corrected chi connectivity index (χ1v) is 8.63. The van der Waals surface area contributed by atoms with E-state index in [4.69, 9.17) is 21.8 Å². The second kappa shape index (κ2) is 9.05. The van der Waals surface area contributed by atoms with E-state index in [9.17, 15) is 0 Å². The van der Waals surface area contributed by atoms with E-state index < -0.39 is 0 Å². The van der Waals surface area contributed by atoms with E-state index in [-0.39, 0.29) is 36.1 Å². The van der Waals surface area contributed by atoms with Crippen LogP contribution in [0, 0.1) is 13.8 Å². The zero-order valence-corrected chi connectivity index (χ0v) is 17.3. The number of hydrogen-bond donors (Lipinski definition) is 2. The number of nitrogens with zero attached hydrogens (tertiary/aromatic N) is 2. The minimum absolute atomic E-state index is 0. The summed E-state index contributed by atoms with van der Waals surface area (Å²) in [5, 5.41) is 3.56. The number of aromatic nitrogens is 2. The molecule has 0 bridgehead atoms. The third kappa shape index (κ3) is 4.77. The van der Waals surface area contributed by atoms with Crippen molar-refractivity contribution < 1.29 is 4.42 Å². The summed E-state index contributed by atoms with van der Waals surface area (Å²) < 4.78 is 6.46. The van der Waals surface area contributed by atoms with Crippen LogP contribution < -0.4 is 11.1 Å². The van der Waals surface area contributed by atoms with Crippen LogP contribution in [0.5, 0.6) is 0 Å². The summed E-state index contributed by atoms with van der Waals surface area (Å²) in [6, 6.07) is 2.04. The number of nitrogens with two attached hydrogens (primary N) is 1. The first-order valence-electron chi connectivity index (χ1n) is 7.43. The number of hydrogen-bond acceptors (Lipinski definition) is 6. The van der Waals surface area contributed by atoms with Gasteiger partial charge in [-0.2, -0.15) is 4.98 Å². The van der Waals surface area contributed by atoms with Crippen molar-refractivity contribution in [1.82, 2.24) is 9.97 Å².